The van der Waals surface area contributed by atoms with Gasteiger partial charge < -0.3 is 14.2 Å². The Bertz CT molecular complexity index is 586. The lowest BCUT2D eigenvalue weighted by molar-refractivity contribution is -0.183. The van der Waals surface area contributed by atoms with Gasteiger partial charge in [-0.1, -0.05) is 30.3 Å². The Hall–Kier alpha value is -2.17. The second-order valence-corrected chi connectivity index (χ2v) is 4.75. The van der Waals surface area contributed by atoms with Crippen LogP contribution in [0, 0.1) is 0 Å². The molecule has 3 rings (SSSR count). The summed E-state index contributed by atoms with van der Waals surface area (Å²) in [7, 11) is 0. The van der Waals surface area contributed by atoms with Gasteiger partial charge in [-0.25, -0.2) is 4.79 Å². The van der Waals surface area contributed by atoms with Crippen LogP contribution in [0.3, 0.4) is 0 Å². The lowest BCUT2D eigenvalue weighted by Crippen LogP contribution is -2.17. The van der Waals surface area contributed by atoms with Crippen molar-refractivity contribution in [3.8, 4) is 5.75 Å². The molecule has 0 aromatic heterocycles. The SMILES string of the molecule is O=C(Oc1ccccc1)c1ccc(C2OCCCO2)cc1. The second-order valence-electron chi connectivity index (χ2n) is 4.75. The van der Waals surface area contributed by atoms with Gasteiger partial charge >= 0.3 is 5.97 Å². The summed E-state index contributed by atoms with van der Waals surface area (Å²) in [6.07, 6.45) is 0.579. The van der Waals surface area contributed by atoms with Crippen molar-refractivity contribution in [2.24, 2.45) is 0 Å². The zero-order valence-electron chi connectivity index (χ0n) is 11.5. The topological polar surface area (TPSA) is 44.8 Å². The van der Waals surface area contributed by atoms with E-state index in [1.54, 1.807) is 24.3 Å². The first kappa shape index (κ1) is 13.8. The molecule has 4 heteroatoms. The molecule has 0 bridgehead atoms. The number of ether oxygens (including phenoxy) is 3. The lowest BCUT2D eigenvalue weighted by atomic mass is 10.1. The van der Waals surface area contributed by atoms with Gasteiger partial charge in [0, 0.05) is 5.56 Å². The van der Waals surface area contributed by atoms with Crippen LogP contribution < -0.4 is 4.74 Å². The van der Waals surface area contributed by atoms with Crippen molar-refractivity contribution in [3.05, 3.63) is 65.7 Å². The fraction of sp³-hybridized carbons (Fsp3) is 0.235. The molecule has 0 amide bonds. The molecular formula is C17H16O4. The first-order chi connectivity index (χ1) is 10.3. The zero-order chi connectivity index (χ0) is 14.5. The fourth-order valence-electron chi connectivity index (χ4n) is 2.11. The number of esters is 1. The first-order valence-electron chi connectivity index (χ1n) is 6.93. The van der Waals surface area contributed by atoms with Crippen LogP contribution in [-0.2, 0) is 9.47 Å². The minimum absolute atomic E-state index is 0.335. The zero-order valence-corrected chi connectivity index (χ0v) is 11.5. The Kier molecular flexibility index (Phi) is 4.28. The van der Waals surface area contributed by atoms with E-state index in [0.717, 1.165) is 12.0 Å². The molecule has 1 aliphatic rings. The van der Waals surface area contributed by atoms with Crippen LogP contribution in [0.5, 0.6) is 5.75 Å². The van der Waals surface area contributed by atoms with Crippen LogP contribution in [0.25, 0.3) is 0 Å². The maximum Gasteiger partial charge on any atom is 0.343 e. The number of benzene rings is 2. The third-order valence-electron chi connectivity index (χ3n) is 3.20. The summed E-state index contributed by atoms with van der Waals surface area (Å²) in [6.45, 7) is 1.39. The van der Waals surface area contributed by atoms with Gasteiger partial charge in [0.15, 0.2) is 6.29 Å². The highest BCUT2D eigenvalue weighted by atomic mass is 16.7. The van der Waals surface area contributed by atoms with E-state index in [1.807, 2.05) is 30.3 Å². The lowest BCUT2D eigenvalue weighted by Gasteiger charge is -2.23. The Morgan fingerprint density at radius 3 is 2.29 bits per heavy atom. The highest BCUT2D eigenvalue weighted by Crippen LogP contribution is 2.23. The summed E-state index contributed by atoms with van der Waals surface area (Å²) >= 11 is 0. The average Bonchev–Trinajstić information content (AvgIpc) is 2.57. The molecule has 0 saturated carbocycles. The molecule has 1 saturated heterocycles. The van der Waals surface area contributed by atoms with Gasteiger partial charge in [0.2, 0.25) is 0 Å². The molecule has 2 aromatic carbocycles. The molecule has 1 fully saturated rings. The van der Waals surface area contributed by atoms with Crippen molar-refractivity contribution < 1.29 is 19.0 Å². The van der Waals surface area contributed by atoms with Gasteiger partial charge in [0.05, 0.1) is 18.8 Å². The van der Waals surface area contributed by atoms with Gasteiger partial charge in [0.25, 0.3) is 0 Å². The fourth-order valence-corrected chi connectivity index (χ4v) is 2.11. The number of hydrogen-bond acceptors (Lipinski definition) is 4. The quantitative estimate of drug-likeness (QED) is 0.640. The Balaban J connectivity index is 1.67. The monoisotopic (exact) mass is 284 g/mol. The first-order valence-corrected chi connectivity index (χ1v) is 6.93. The van der Waals surface area contributed by atoms with E-state index in [4.69, 9.17) is 14.2 Å². The van der Waals surface area contributed by atoms with Crippen molar-refractivity contribution in [2.45, 2.75) is 12.7 Å². The number of carbonyl (C=O) groups excluding carboxylic acids is 1. The molecule has 1 aliphatic heterocycles. The highest BCUT2D eigenvalue weighted by Gasteiger charge is 2.17. The normalized spacial score (nSPS) is 15.6. The number of carbonyl (C=O) groups is 1. The van der Waals surface area contributed by atoms with Crippen LogP contribution in [0.4, 0.5) is 0 Å². The van der Waals surface area contributed by atoms with Crippen molar-refractivity contribution in [2.75, 3.05) is 13.2 Å². The molecule has 4 nitrogen and oxygen atoms in total. The van der Waals surface area contributed by atoms with Gasteiger partial charge in [-0.15, -0.1) is 0 Å². The molecule has 0 N–H and O–H groups in total. The molecule has 0 atom stereocenters. The molecular weight excluding hydrogens is 268 g/mol. The maximum absolute atomic E-state index is 12.0. The summed E-state index contributed by atoms with van der Waals surface area (Å²) in [6, 6.07) is 16.1. The predicted molar refractivity (Wildman–Crippen MR) is 77.1 cm³/mol. The summed E-state index contributed by atoms with van der Waals surface area (Å²) < 4.78 is 16.3. The molecule has 21 heavy (non-hydrogen) atoms. The predicted octanol–water partition coefficient (Wildman–Crippen LogP) is 3.34. The van der Waals surface area contributed by atoms with Gasteiger partial charge in [-0.05, 0) is 30.7 Å². The molecule has 0 spiro atoms. The number of hydrogen-bond donors (Lipinski definition) is 0. The summed E-state index contributed by atoms with van der Waals surface area (Å²) in [5.41, 5.74) is 1.41. The van der Waals surface area contributed by atoms with E-state index in [1.165, 1.54) is 0 Å². The smallest absolute Gasteiger partial charge is 0.343 e. The van der Waals surface area contributed by atoms with Crippen LogP contribution >= 0.6 is 0 Å². The van der Waals surface area contributed by atoms with Gasteiger partial charge in [-0.2, -0.15) is 0 Å². The van der Waals surface area contributed by atoms with E-state index in [0.29, 0.717) is 24.5 Å². The average molecular weight is 284 g/mol. The van der Waals surface area contributed by atoms with E-state index in [9.17, 15) is 4.79 Å². The Morgan fingerprint density at radius 2 is 1.62 bits per heavy atom. The van der Waals surface area contributed by atoms with Crippen molar-refractivity contribution in [1.82, 2.24) is 0 Å². The molecule has 0 unspecified atom stereocenters. The Labute approximate surface area is 123 Å². The molecule has 1 heterocycles. The van der Waals surface area contributed by atoms with E-state index in [2.05, 4.69) is 0 Å². The molecule has 0 radical (unpaired) electrons. The molecule has 0 aliphatic carbocycles. The minimum Gasteiger partial charge on any atom is -0.423 e. The summed E-state index contributed by atoms with van der Waals surface area (Å²) in [5.74, 6) is 0.156. The third kappa shape index (κ3) is 3.48. The van der Waals surface area contributed by atoms with Crippen LogP contribution in [-0.4, -0.2) is 19.2 Å². The van der Waals surface area contributed by atoms with E-state index < -0.39 is 0 Å². The largest absolute Gasteiger partial charge is 0.423 e. The molecule has 108 valence electrons. The van der Waals surface area contributed by atoms with Gasteiger partial charge in [0.1, 0.15) is 5.75 Å². The van der Waals surface area contributed by atoms with E-state index >= 15 is 0 Å². The van der Waals surface area contributed by atoms with Crippen LogP contribution in [0.1, 0.15) is 28.6 Å². The van der Waals surface area contributed by atoms with Gasteiger partial charge in [-0.3, -0.25) is 0 Å². The number of para-hydroxylation sites is 1. The third-order valence-corrected chi connectivity index (χ3v) is 3.20. The van der Waals surface area contributed by atoms with Crippen LogP contribution in [0.2, 0.25) is 0 Å². The maximum atomic E-state index is 12.0. The number of rotatable bonds is 3. The van der Waals surface area contributed by atoms with Crippen LogP contribution in [0.15, 0.2) is 54.6 Å². The van der Waals surface area contributed by atoms with E-state index in [-0.39, 0.29) is 12.3 Å². The standard InChI is InChI=1S/C17H16O4/c18-16(21-15-5-2-1-3-6-15)13-7-9-14(10-8-13)17-19-11-4-12-20-17/h1-3,5-10,17H,4,11-12H2. The van der Waals surface area contributed by atoms with Crippen molar-refractivity contribution in [1.29, 1.82) is 0 Å². The van der Waals surface area contributed by atoms with Crippen molar-refractivity contribution >= 4 is 5.97 Å². The van der Waals surface area contributed by atoms with Crippen molar-refractivity contribution in [3.63, 3.8) is 0 Å². The summed E-state index contributed by atoms with van der Waals surface area (Å²) in [4.78, 5) is 12.0. The highest BCUT2D eigenvalue weighted by molar-refractivity contribution is 5.91. The Morgan fingerprint density at radius 1 is 0.952 bits per heavy atom. The second kappa shape index (κ2) is 6.52. The molecule has 2 aromatic rings. The summed E-state index contributed by atoms with van der Waals surface area (Å²) in [5, 5.41) is 0. The minimum atomic E-state index is -0.377.